The second-order valence-corrected chi connectivity index (χ2v) is 8.72. The Morgan fingerprint density at radius 1 is 1.03 bits per heavy atom. The molecule has 4 heterocycles. The largest absolute Gasteiger partial charge is 0.490 e. The van der Waals surface area contributed by atoms with Crippen LogP contribution in [0.15, 0.2) is 66.0 Å². The maximum Gasteiger partial charge on any atom is 0.267 e. The van der Waals surface area contributed by atoms with Crippen molar-refractivity contribution < 1.29 is 9.47 Å². The van der Waals surface area contributed by atoms with Gasteiger partial charge in [-0.3, -0.25) is 14.4 Å². The van der Waals surface area contributed by atoms with Gasteiger partial charge in [0.05, 0.1) is 50.6 Å². The number of morpholine rings is 1. The Labute approximate surface area is 209 Å². The summed E-state index contributed by atoms with van der Waals surface area (Å²) in [7, 11) is 1.85. The van der Waals surface area contributed by atoms with Crippen LogP contribution in [0.4, 0.5) is 0 Å². The van der Waals surface area contributed by atoms with Crippen LogP contribution in [0.25, 0.3) is 22.6 Å². The Bertz CT molecular complexity index is 1340. The molecule has 1 aromatic carbocycles. The zero-order valence-corrected chi connectivity index (χ0v) is 20.3. The first-order chi connectivity index (χ1) is 17.6. The second-order valence-electron chi connectivity index (χ2n) is 8.72. The lowest BCUT2D eigenvalue weighted by molar-refractivity contribution is 0.0358. The minimum atomic E-state index is -0.167. The first-order valence-corrected chi connectivity index (χ1v) is 12.1. The number of ether oxygens (including phenoxy) is 2. The minimum absolute atomic E-state index is 0.167. The van der Waals surface area contributed by atoms with E-state index in [0.29, 0.717) is 30.4 Å². The Morgan fingerprint density at radius 2 is 1.86 bits per heavy atom. The van der Waals surface area contributed by atoms with Crippen molar-refractivity contribution >= 4 is 0 Å². The van der Waals surface area contributed by atoms with E-state index in [1.165, 1.54) is 10.7 Å². The molecule has 1 aliphatic rings. The highest BCUT2D eigenvalue weighted by Crippen LogP contribution is 2.19. The van der Waals surface area contributed by atoms with Crippen molar-refractivity contribution in [3.63, 3.8) is 0 Å². The Kier molecular flexibility index (Phi) is 7.44. The molecule has 1 saturated heterocycles. The Hall–Kier alpha value is -3.89. The van der Waals surface area contributed by atoms with Crippen molar-refractivity contribution in [2.24, 2.45) is 7.05 Å². The highest BCUT2D eigenvalue weighted by Gasteiger charge is 2.10. The van der Waals surface area contributed by atoms with E-state index < -0.39 is 0 Å². The van der Waals surface area contributed by atoms with Crippen molar-refractivity contribution in [3.05, 3.63) is 77.1 Å². The molecular weight excluding hydrogens is 458 g/mol. The summed E-state index contributed by atoms with van der Waals surface area (Å²) in [5.74, 6) is 1.25. The standard InChI is InChI=1S/C26H29N7O3/c1-31-19-22(15-29-31)24-6-7-25(34)33(30-24)18-20-4-2-5-21(14-20)26-27-16-23(17-28-26)36-11-3-8-32-9-12-35-13-10-32/h2,4-7,14-17,19H,3,8-13,18H2,1H3. The SMILES string of the molecule is Cn1cc(-c2ccc(=O)n(Cc3cccc(-c4ncc(OCCCN5CCOCC5)cn4)c3)n2)cn1. The van der Waals surface area contributed by atoms with Crippen LogP contribution in [0.3, 0.4) is 0 Å². The van der Waals surface area contributed by atoms with Gasteiger partial charge in [0, 0.05) is 50.1 Å². The van der Waals surface area contributed by atoms with Crippen molar-refractivity contribution in [3.8, 4) is 28.4 Å². The van der Waals surface area contributed by atoms with E-state index in [9.17, 15) is 4.79 Å². The molecular formula is C26H29N7O3. The van der Waals surface area contributed by atoms with Gasteiger partial charge >= 0.3 is 0 Å². The van der Waals surface area contributed by atoms with Crippen molar-refractivity contribution in [1.82, 2.24) is 34.4 Å². The fraction of sp³-hybridized carbons (Fsp3) is 0.346. The predicted octanol–water partition coefficient (Wildman–Crippen LogP) is 2.25. The molecule has 0 bridgehead atoms. The molecule has 10 nitrogen and oxygen atoms in total. The lowest BCUT2D eigenvalue weighted by atomic mass is 10.1. The van der Waals surface area contributed by atoms with Gasteiger partial charge in [0.25, 0.3) is 5.56 Å². The fourth-order valence-electron chi connectivity index (χ4n) is 4.09. The van der Waals surface area contributed by atoms with Crippen LogP contribution >= 0.6 is 0 Å². The number of hydrogen-bond acceptors (Lipinski definition) is 8. The first kappa shape index (κ1) is 23.8. The van der Waals surface area contributed by atoms with Crippen molar-refractivity contribution in [2.75, 3.05) is 39.5 Å². The van der Waals surface area contributed by atoms with Crippen LogP contribution in [0.1, 0.15) is 12.0 Å². The molecule has 36 heavy (non-hydrogen) atoms. The molecule has 0 amide bonds. The summed E-state index contributed by atoms with van der Waals surface area (Å²) in [5, 5.41) is 8.71. The number of benzene rings is 1. The van der Waals surface area contributed by atoms with E-state index in [1.807, 2.05) is 37.5 Å². The lowest BCUT2D eigenvalue weighted by Crippen LogP contribution is -2.37. The van der Waals surface area contributed by atoms with Gasteiger partial charge in [0.15, 0.2) is 11.6 Å². The molecule has 0 spiro atoms. The van der Waals surface area contributed by atoms with Gasteiger partial charge in [-0.05, 0) is 24.1 Å². The van der Waals surface area contributed by atoms with E-state index in [0.717, 1.165) is 56.0 Å². The van der Waals surface area contributed by atoms with Gasteiger partial charge in [-0.1, -0.05) is 18.2 Å². The molecule has 1 fully saturated rings. The molecule has 10 heteroatoms. The summed E-state index contributed by atoms with van der Waals surface area (Å²) in [6.45, 7) is 5.54. The maximum atomic E-state index is 12.4. The Morgan fingerprint density at radius 3 is 2.64 bits per heavy atom. The molecule has 0 aliphatic carbocycles. The molecule has 5 rings (SSSR count). The summed E-state index contributed by atoms with van der Waals surface area (Å²) in [6, 6.07) is 11.1. The van der Waals surface area contributed by atoms with Crippen LogP contribution in [-0.2, 0) is 18.3 Å². The van der Waals surface area contributed by atoms with Crippen molar-refractivity contribution in [1.29, 1.82) is 0 Å². The number of aryl methyl sites for hydroxylation is 1. The molecule has 3 aromatic heterocycles. The van der Waals surface area contributed by atoms with E-state index in [-0.39, 0.29) is 5.56 Å². The lowest BCUT2D eigenvalue weighted by Gasteiger charge is -2.26. The quantitative estimate of drug-likeness (QED) is 0.332. The van der Waals surface area contributed by atoms with Gasteiger partial charge in [0.2, 0.25) is 0 Å². The monoisotopic (exact) mass is 487 g/mol. The third-order valence-corrected chi connectivity index (χ3v) is 6.00. The topological polar surface area (TPSA) is 100 Å². The third-order valence-electron chi connectivity index (χ3n) is 6.00. The van der Waals surface area contributed by atoms with E-state index in [4.69, 9.17) is 9.47 Å². The van der Waals surface area contributed by atoms with Crippen LogP contribution in [0.5, 0.6) is 5.75 Å². The van der Waals surface area contributed by atoms with Gasteiger partial charge < -0.3 is 9.47 Å². The zero-order valence-electron chi connectivity index (χ0n) is 20.3. The maximum absolute atomic E-state index is 12.4. The predicted molar refractivity (Wildman–Crippen MR) is 135 cm³/mol. The van der Waals surface area contributed by atoms with Crippen LogP contribution in [0.2, 0.25) is 0 Å². The highest BCUT2D eigenvalue weighted by atomic mass is 16.5. The van der Waals surface area contributed by atoms with Crippen molar-refractivity contribution in [2.45, 2.75) is 13.0 Å². The molecule has 0 radical (unpaired) electrons. The van der Waals surface area contributed by atoms with Crippen LogP contribution in [-0.4, -0.2) is 73.9 Å². The molecule has 0 saturated carbocycles. The van der Waals surface area contributed by atoms with E-state index >= 15 is 0 Å². The number of aromatic nitrogens is 6. The van der Waals surface area contributed by atoms with Gasteiger partial charge in [-0.2, -0.15) is 10.2 Å². The summed E-state index contributed by atoms with van der Waals surface area (Å²) < 4.78 is 14.4. The zero-order chi connectivity index (χ0) is 24.7. The molecule has 0 atom stereocenters. The summed E-state index contributed by atoms with van der Waals surface area (Å²) >= 11 is 0. The molecule has 4 aromatic rings. The molecule has 0 unspecified atom stereocenters. The second kappa shape index (κ2) is 11.2. The van der Waals surface area contributed by atoms with E-state index in [2.05, 4.69) is 25.1 Å². The van der Waals surface area contributed by atoms with Gasteiger partial charge in [-0.15, -0.1) is 0 Å². The van der Waals surface area contributed by atoms with Gasteiger partial charge in [0.1, 0.15) is 0 Å². The van der Waals surface area contributed by atoms with Crippen LogP contribution < -0.4 is 10.3 Å². The Balaban J connectivity index is 1.21. The fourth-order valence-corrected chi connectivity index (χ4v) is 4.09. The summed E-state index contributed by atoms with van der Waals surface area (Å²) in [4.78, 5) is 23.8. The third kappa shape index (κ3) is 6.02. The number of hydrogen-bond donors (Lipinski definition) is 0. The van der Waals surface area contributed by atoms with E-state index in [1.54, 1.807) is 29.3 Å². The first-order valence-electron chi connectivity index (χ1n) is 12.1. The summed E-state index contributed by atoms with van der Waals surface area (Å²) in [6.07, 6.45) is 7.94. The highest BCUT2D eigenvalue weighted by molar-refractivity contribution is 5.57. The normalized spacial score (nSPS) is 14.1. The average Bonchev–Trinajstić information content (AvgIpc) is 3.35. The number of nitrogens with zero attached hydrogens (tertiary/aromatic N) is 7. The van der Waals surface area contributed by atoms with Crippen LogP contribution in [0, 0.1) is 0 Å². The summed E-state index contributed by atoms with van der Waals surface area (Å²) in [5.41, 5.74) is 3.18. The molecule has 0 N–H and O–H groups in total. The molecule has 1 aliphatic heterocycles. The number of rotatable bonds is 9. The van der Waals surface area contributed by atoms with Gasteiger partial charge in [-0.25, -0.2) is 14.6 Å². The smallest absolute Gasteiger partial charge is 0.267 e. The molecule has 186 valence electrons. The average molecular weight is 488 g/mol. The minimum Gasteiger partial charge on any atom is -0.490 e.